The normalized spacial score (nSPS) is 14.5. The third-order valence-corrected chi connectivity index (χ3v) is 7.82. The number of rotatable bonds is 7. The molecule has 1 heterocycles. The molecule has 1 aromatic heterocycles. The molecule has 2 aromatic carbocycles. The Bertz CT molecular complexity index is 1250. The Morgan fingerprint density at radius 1 is 0.946 bits per heavy atom. The number of amides is 3. The van der Waals surface area contributed by atoms with Crippen molar-refractivity contribution in [3.63, 3.8) is 0 Å². The van der Waals surface area contributed by atoms with Crippen LogP contribution in [0, 0.1) is 19.8 Å². The predicted octanol–water partition coefficient (Wildman–Crippen LogP) is 6.53. The van der Waals surface area contributed by atoms with Crippen molar-refractivity contribution in [2.45, 2.75) is 52.0 Å². The van der Waals surface area contributed by atoms with E-state index in [1.165, 1.54) is 7.11 Å². The first kappa shape index (κ1) is 26.4. The maximum absolute atomic E-state index is 13.5. The van der Waals surface area contributed by atoms with Crippen LogP contribution in [0.3, 0.4) is 0 Å². The number of urea groups is 1. The number of para-hydroxylation sites is 1. The SMILES string of the molecule is COC(=O)[C@@H](NC(=O)c1ccc(-c2cccs2)cc1NC(=O)Nc1c(C)cccc1C)C1CCCCC1. The molecule has 1 atom stereocenters. The Labute approximate surface area is 221 Å². The molecule has 1 aliphatic carbocycles. The second-order valence-electron chi connectivity index (χ2n) is 9.46. The van der Waals surface area contributed by atoms with Crippen LogP contribution >= 0.6 is 11.3 Å². The van der Waals surface area contributed by atoms with Gasteiger partial charge in [0.25, 0.3) is 5.91 Å². The van der Waals surface area contributed by atoms with Gasteiger partial charge in [-0.1, -0.05) is 49.6 Å². The number of aryl methyl sites for hydroxylation is 2. The molecule has 8 heteroatoms. The summed E-state index contributed by atoms with van der Waals surface area (Å²) in [7, 11) is 1.34. The highest BCUT2D eigenvalue weighted by molar-refractivity contribution is 7.13. The summed E-state index contributed by atoms with van der Waals surface area (Å²) in [4.78, 5) is 40.2. The lowest BCUT2D eigenvalue weighted by Gasteiger charge is -2.29. The van der Waals surface area contributed by atoms with Gasteiger partial charge in [-0.3, -0.25) is 4.79 Å². The van der Waals surface area contributed by atoms with Crippen LogP contribution in [-0.4, -0.2) is 31.1 Å². The molecule has 7 nitrogen and oxygen atoms in total. The van der Waals surface area contributed by atoms with Gasteiger partial charge in [0.05, 0.1) is 18.4 Å². The summed E-state index contributed by atoms with van der Waals surface area (Å²) in [6.07, 6.45) is 4.90. The van der Waals surface area contributed by atoms with Gasteiger partial charge in [-0.2, -0.15) is 0 Å². The van der Waals surface area contributed by atoms with E-state index in [4.69, 9.17) is 4.74 Å². The number of thiophene rings is 1. The van der Waals surface area contributed by atoms with Gasteiger partial charge in [0.1, 0.15) is 6.04 Å². The number of anilines is 2. The summed E-state index contributed by atoms with van der Waals surface area (Å²) in [5.41, 5.74) is 4.12. The van der Waals surface area contributed by atoms with Gasteiger partial charge < -0.3 is 20.7 Å². The Morgan fingerprint density at radius 2 is 1.68 bits per heavy atom. The zero-order valence-electron chi connectivity index (χ0n) is 21.4. The molecular weight excluding hydrogens is 486 g/mol. The lowest BCUT2D eigenvalue weighted by Crippen LogP contribution is -2.47. The van der Waals surface area contributed by atoms with Crippen LogP contribution in [0.5, 0.6) is 0 Å². The first-order valence-corrected chi connectivity index (χ1v) is 13.5. The summed E-state index contributed by atoms with van der Waals surface area (Å²) in [6.45, 7) is 3.86. The van der Waals surface area contributed by atoms with Gasteiger partial charge in [0.2, 0.25) is 0 Å². The first-order valence-electron chi connectivity index (χ1n) is 12.6. The maximum Gasteiger partial charge on any atom is 0.328 e. The fourth-order valence-corrected chi connectivity index (χ4v) is 5.63. The molecule has 0 spiro atoms. The Hall–Kier alpha value is -3.65. The number of esters is 1. The van der Waals surface area contributed by atoms with Crippen molar-refractivity contribution in [3.05, 3.63) is 70.6 Å². The Kier molecular flexibility index (Phi) is 8.61. The summed E-state index contributed by atoms with van der Waals surface area (Å²) < 4.78 is 5.02. The average molecular weight is 520 g/mol. The molecule has 0 unspecified atom stereocenters. The first-order chi connectivity index (χ1) is 17.9. The highest BCUT2D eigenvalue weighted by Crippen LogP contribution is 2.31. The molecule has 0 saturated heterocycles. The molecule has 3 aromatic rings. The lowest BCUT2D eigenvalue weighted by molar-refractivity contribution is -0.144. The smallest absolute Gasteiger partial charge is 0.328 e. The quantitative estimate of drug-likeness (QED) is 0.309. The van der Waals surface area contributed by atoms with Crippen LogP contribution in [0.1, 0.15) is 53.6 Å². The summed E-state index contributed by atoms with van der Waals surface area (Å²) in [6, 6.07) is 13.9. The van der Waals surface area contributed by atoms with Crippen LogP contribution in [0.15, 0.2) is 53.9 Å². The molecule has 194 valence electrons. The molecule has 3 amide bonds. The minimum atomic E-state index is -0.730. The fraction of sp³-hybridized carbons (Fsp3) is 0.345. The van der Waals surface area contributed by atoms with Gasteiger partial charge in [0, 0.05) is 10.6 Å². The van der Waals surface area contributed by atoms with Crippen molar-refractivity contribution in [2.24, 2.45) is 5.92 Å². The molecule has 1 aliphatic rings. The van der Waals surface area contributed by atoms with E-state index in [0.717, 1.165) is 59.4 Å². The van der Waals surface area contributed by atoms with Crippen LogP contribution < -0.4 is 16.0 Å². The monoisotopic (exact) mass is 519 g/mol. The van der Waals surface area contributed by atoms with Gasteiger partial charge in [0.15, 0.2) is 0 Å². The van der Waals surface area contributed by atoms with E-state index in [1.54, 1.807) is 23.5 Å². The van der Waals surface area contributed by atoms with Gasteiger partial charge in [-0.05, 0) is 72.9 Å². The molecule has 37 heavy (non-hydrogen) atoms. The van der Waals surface area contributed by atoms with Crippen molar-refractivity contribution < 1.29 is 19.1 Å². The van der Waals surface area contributed by atoms with Crippen molar-refractivity contribution in [3.8, 4) is 10.4 Å². The van der Waals surface area contributed by atoms with Gasteiger partial charge >= 0.3 is 12.0 Å². The zero-order chi connectivity index (χ0) is 26.4. The van der Waals surface area contributed by atoms with E-state index in [2.05, 4.69) is 16.0 Å². The van der Waals surface area contributed by atoms with E-state index in [0.29, 0.717) is 5.69 Å². The van der Waals surface area contributed by atoms with Crippen LogP contribution in [-0.2, 0) is 9.53 Å². The third kappa shape index (κ3) is 6.38. The fourth-order valence-electron chi connectivity index (χ4n) is 4.90. The number of carbonyl (C=O) groups excluding carboxylic acids is 3. The minimum absolute atomic E-state index is 0.0271. The lowest BCUT2D eigenvalue weighted by atomic mass is 9.83. The second kappa shape index (κ2) is 12.1. The van der Waals surface area contributed by atoms with E-state index in [-0.39, 0.29) is 11.5 Å². The van der Waals surface area contributed by atoms with Crippen molar-refractivity contribution >= 4 is 40.6 Å². The largest absolute Gasteiger partial charge is 0.467 e. The number of hydrogen-bond acceptors (Lipinski definition) is 5. The summed E-state index contributed by atoms with van der Waals surface area (Å²) >= 11 is 1.57. The van der Waals surface area contributed by atoms with Crippen molar-refractivity contribution in [2.75, 3.05) is 17.7 Å². The Morgan fingerprint density at radius 3 is 2.32 bits per heavy atom. The number of methoxy groups -OCH3 is 1. The van der Waals surface area contributed by atoms with Crippen LogP contribution in [0.2, 0.25) is 0 Å². The number of nitrogens with one attached hydrogen (secondary N) is 3. The topological polar surface area (TPSA) is 96.5 Å². The number of hydrogen-bond donors (Lipinski definition) is 3. The molecule has 0 bridgehead atoms. The molecule has 0 radical (unpaired) electrons. The molecule has 1 saturated carbocycles. The third-order valence-electron chi connectivity index (χ3n) is 6.90. The number of ether oxygens (including phenoxy) is 1. The van der Waals surface area contributed by atoms with E-state index >= 15 is 0 Å². The van der Waals surface area contributed by atoms with Gasteiger partial charge in [-0.15, -0.1) is 11.3 Å². The standard InChI is InChI=1S/C29H33N3O4S/c1-18-9-7-10-19(2)25(18)32-29(35)30-23-17-21(24-13-8-16-37-24)14-15-22(23)27(33)31-26(28(34)36-3)20-11-5-4-6-12-20/h7-10,13-17,20,26H,4-6,11-12H2,1-3H3,(H,31,33)(H2,30,32,35)/t26-/m0/s1. The highest BCUT2D eigenvalue weighted by atomic mass is 32.1. The Balaban J connectivity index is 1.62. The molecular formula is C29H33N3O4S. The summed E-state index contributed by atoms with van der Waals surface area (Å²) in [5, 5.41) is 10.7. The summed E-state index contributed by atoms with van der Waals surface area (Å²) in [5.74, 6) is -0.849. The molecule has 4 rings (SSSR count). The highest BCUT2D eigenvalue weighted by Gasteiger charge is 2.32. The van der Waals surface area contributed by atoms with Crippen LogP contribution in [0.25, 0.3) is 10.4 Å². The number of carbonyl (C=O) groups is 3. The molecule has 1 fully saturated rings. The van der Waals surface area contributed by atoms with Crippen molar-refractivity contribution in [1.29, 1.82) is 0 Å². The van der Waals surface area contributed by atoms with Gasteiger partial charge in [-0.25, -0.2) is 9.59 Å². The van der Waals surface area contributed by atoms with E-state index in [1.807, 2.05) is 55.6 Å². The molecule has 3 N–H and O–H groups in total. The zero-order valence-corrected chi connectivity index (χ0v) is 22.2. The number of benzene rings is 2. The van der Waals surface area contributed by atoms with Crippen molar-refractivity contribution in [1.82, 2.24) is 5.32 Å². The molecule has 0 aliphatic heterocycles. The maximum atomic E-state index is 13.5. The van der Waals surface area contributed by atoms with Crippen LogP contribution in [0.4, 0.5) is 16.2 Å². The average Bonchev–Trinajstić information content (AvgIpc) is 3.44. The second-order valence-corrected chi connectivity index (χ2v) is 10.4. The predicted molar refractivity (Wildman–Crippen MR) is 148 cm³/mol. The van der Waals surface area contributed by atoms with E-state index < -0.39 is 23.9 Å². The van der Waals surface area contributed by atoms with E-state index in [9.17, 15) is 14.4 Å². The minimum Gasteiger partial charge on any atom is -0.467 e.